The third-order valence-electron chi connectivity index (χ3n) is 7.03. The van der Waals surface area contributed by atoms with Gasteiger partial charge < -0.3 is 9.47 Å². The molecule has 3 aliphatic carbocycles. The molecule has 4 unspecified atom stereocenters. The van der Waals surface area contributed by atoms with Gasteiger partial charge in [-0.1, -0.05) is 48.1 Å². The second-order valence-electron chi connectivity index (χ2n) is 9.49. The van der Waals surface area contributed by atoms with Crippen LogP contribution in [-0.4, -0.2) is 28.4 Å². The molecule has 0 amide bonds. The predicted molar refractivity (Wildman–Crippen MR) is 110 cm³/mol. The molecule has 4 heteroatoms. The summed E-state index contributed by atoms with van der Waals surface area (Å²) in [7, 11) is 0. The van der Waals surface area contributed by atoms with Gasteiger partial charge in [0.25, 0.3) is 0 Å². The summed E-state index contributed by atoms with van der Waals surface area (Å²) in [4.78, 5) is 27.1. The summed E-state index contributed by atoms with van der Waals surface area (Å²) in [5.41, 5.74) is -0.224. The van der Waals surface area contributed by atoms with Crippen molar-refractivity contribution in [1.29, 1.82) is 0 Å². The number of benzene rings is 1. The molecule has 0 N–H and O–H groups in total. The molecule has 2 fully saturated rings. The Morgan fingerprint density at radius 2 is 1.90 bits per heavy atom. The third kappa shape index (κ3) is 2.35. The van der Waals surface area contributed by atoms with Crippen molar-refractivity contribution in [1.82, 2.24) is 0 Å². The molecule has 1 spiro atoms. The van der Waals surface area contributed by atoms with E-state index in [0.717, 1.165) is 11.1 Å². The molecular formula is C25H26O4. The summed E-state index contributed by atoms with van der Waals surface area (Å²) in [5.74, 6) is 0.272. The Morgan fingerprint density at radius 3 is 2.59 bits per heavy atom. The van der Waals surface area contributed by atoms with Crippen LogP contribution in [0.1, 0.15) is 46.1 Å². The van der Waals surface area contributed by atoms with Gasteiger partial charge in [0.1, 0.15) is 11.4 Å². The molecule has 4 nitrogen and oxygen atoms in total. The Balaban J connectivity index is 1.67. The van der Waals surface area contributed by atoms with E-state index in [4.69, 9.17) is 9.47 Å². The number of carbonyl (C=O) groups is 2. The van der Waals surface area contributed by atoms with Gasteiger partial charge in [-0.05, 0) is 27.7 Å². The van der Waals surface area contributed by atoms with Crippen molar-refractivity contribution in [2.24, 2.45) is 11.8 Å². The van der Waals surface area contributed by atoms with Crippen molar-refractivity contribution in [2.45, 2.75) is 57.3 Å². The fourth-order valence-corrected chi connectivity index (χ4v) is 5.69. The first-order valence-electron chi connectivity index (χ1n) is 10.3. The molecule has 2 aliphatic heterocycles. The topological polar surface area (TPSA) is 52.6 Å². The van der Waals surface area contributed by atoms with Gasteiger partial charge in [-0.3, -0.25) is 9.59 Å². The van der Waals surface area contributed by atoms with Crippen LogP contribution in [0.2, 0.25) is 0 Å². The van der Waals surface area contributed by atoms with Gasteiger partial charge >= 0.3 is 0 Å². The van der Waals surface area contributed by atoms with Crippen molar-refractivity contribution < 1.29 is 19.1 Å². The van der Waals surface area contributed by atoms with Crippen molar-refractivity contribution >= 4 is 17.3 Å². The molecule has 4 bridgehead atoms. The molecule has 0 aromatic heterocycles. The van der Waals surface area contributed by atoms with Crippen LogP contribution in [0.15, 0.2) is 59.7 Å². The lowest BCUT2D eigenvalue weighted by molar-refractivity contribution is -0.169. The normalized spacial score (nSPS) is 36.1. The van der Waals surface area contributed by atoms with Crippen LogP contribution < -0.4 is 0 Å². The minimum Gasteiger partial charge on any atom is -0.474 e. The van der Waals surface area contributed by atoms with E-state index in [1.807, 2.05) is 50.3 Å². The van der Waals surface area contributed by atoms with E-state index in [1.54, 1.807) is 0 Å². The largest absolute Gasteiger partial charge is 0.474 e. The number of hydrogen-bond acceptors (Lipinski definition) is 4. The monoisotopic (exact) mass is 390 g/mol. The minimum atomic E-state index is -1.25. The quantitative estimate of drug-likeness (QED) is 0.717. The summed E-state index contributed by atoms with van der Waals surface area (Å²) in [6.07, 6.45) is 6.58. The van der Waals surface area contributed by atoms with Crippen molar-refractivity contribution in [3.8, 4) is 0 Å². The lowest BCUT2D eigenvalue weighted by Gasteiger charge is -2.52. The van der Waals surface area contributed by atoms with E-state index in [0.29, 0.717) is 24.2 Å². The van der Waals surface area contributed by atoms with Crippen LogP contribution in [0.5, 0.6) is 0 Å². The number of allylic oxidation sites excluding steroid dienone is 2. The number of ether oxygens (including phenoxy) is 2. The molecule has 1 aromatic rings. The van der Waals surface area contributed by atoms with Crippen LogP contribution in [-0.2, 0) is 19.1 Å². The predicted octanol–water partition coefficient (Wildman–Crippen LogP) is 4.41. The maximum absolute atomic E-state index is 14.0. The lowest BCUT2D eigenvalue weighted by atomic mass is 9.53. The van der Waals surface area contributed by atoms with E-state index >= 15 is 0 Å². The highest BCUT2D eigenvalue weighted by molar-refractivity contribution is 6.19. The van der Waals surface area contributed by atoms with Gasteiger partial charge in [-0.15, -0.1) is 0 Å². The van der Waals surface area contributed by atoms with E-state index < -0.39 is 16.8 Å². The molecule has 150 valence electrons. The van der Waals surface area contributed by atoms with Crippen LogP contribution in [0.3, 0.4) is 0 Å². The molecule has 4 atom stereocenters. The van der Waals surface area contributed by atoms with E-state index in [2.05, 4.69) is 19.9 Å². The van der Waals surface area contributed by atoms with Gasteiger partial charge in [0.15, 0.2) is 11.4 Å². The molecule has 1 saturated heterocycles. The molecule has 6 rings (SSSR count). The van der Waals surface area contributed by atoms with E-state index in [1.165, 1.54) is 6.08 Å². The number of rotatable bonds is 3. The fourth-order valence-electron chi connectivity index (χ4n) is 5.69. The van der Waals surface area contributed by atoms with E-state index in [-0.39, 0.29) is 23.4 Å². The lowest BCUT2D eigenvalue weighted by Crippen LogP contribution is -2.66. The summed E-state index contributed by atoms with van der Waals surface area (Å²) in [5, 5.41) is 0. The zero-order valence-corrected chi connectivity index (χ0v) is 17.3. The highest BCUT2D eigenvalue weighted by Crippen LogP contribution is 2.64. The van der Waals surface area contributed by atoms with Gasteiger partial charge in [0.2, 0.25) is 5.78 Å². The summed E-state index contributed by atoms with van der Waals surface area (Å²) < 4.78 is 13.0. The number of Topliss-reactive ketones (excluding diaryl/α,β-unsaturated/α-hetero) is 1. The van der Waals surface area contributed by atoms with Crippen LogP contribution in [0.25, 0.3) is 5.76 Å². The molecule has 1 aromatic carbocycles. The average molecular weight is 390 g/mol. The molecular weight excluding hydrogens is 364 g/mol. The Hall–Kier alpha value is -2.46. The van der Waals surface area contributed by atoms with Gasteiger partial charge in [0.05, 0.1) is 5.60 Å². The highest BCUT2D eigenvalue weighted by atomic mass is 16.6. The zero-order chi connectivity index (χ0) is 20.6. The minimum absolute atomic E-state index is 0.0956. The number of hydrogen-bond donors (Lipinski definition) is 0. The van der Waals surface area contributed by atoms with Crippen molar-refractivity contribution in [2.75, 3.05) is 0 Å². The van der Waals surface area contributed by atoms with Gasteiger partial charge in [0, 0.05) is 41.9 Å². The Bertz CT molecular complexity index is 1010. The standard InChI is InChI=1S/C25H26O4/c1-15(2)10-11-24-17-12-18-20(26)13-21(16-8-6-5-7-9-16)28-25(18,22(24)27)14-19(17)23(3,4)29-24/h5-10,12-13,17,19H,11,14H2,1-4H3. The molecule has 0 radical (unpaired) electrons. The molecule has 5 aliphatic rings. The van der Waals surface area contributed by atoms with Crippen LogP contribution in [0, 0.1) is 11.8 Å². The maximum atomic E-state index is 14.0. The number of ketones is 2. The zero-order valence-electron chi connectivity index (χ0n) is 17.3. The Labute approximate surface area is 171 Å². The van der Waals surface area contributed by atoms with E-state index in [9.17, 15) is 9.59 Å². The maximum Gasteiger partial charge on any atom is 0.213 e. The SMILES string of the molecule is CC(C)=CCC12OC(C)(C)C3CC4(OC(c5ccccc5)=CC(=O)C4=CC31)C2=O. The second kappa shape index (κ2) is 5.79. The molecule has 1 saturated carbocycles. The highest BCUT2D eigenvalue weighted by Gasteiger charge is 2.75. The second-order valence-corrected chi connectivity index (χ2v) is 9.49. The summed E-state index contributed by atoms with van der Waals surface area (Å²) in [6.45, 7) is 8.16. The van der Waals surface area contributed by atoms with Crippen LogP contribution in [0.4, 0.5) is 0 Å². The summed E-state index contributed by atoms with van der Waals surface area (Å²) >= 11 is 0. The first-order chi connectivity index (χ1) is 13.7. The van der Waals surface area contributed by atoms with Crippen molar-refractivity contribution in [3.05, 3.63) is 65.3 Å². The number of carbonyl (C=O) groups excluding carboxylic acids is 2. The average Bonchev–Trinajstić information content (AvgIpc) is 2.88. The molecule has 2 heterocycles. The van der Waals surface area contributed by atoms with Crippen LogP contribution >= 0.6 is 0 Å². The smallest absolute Gasteiger partial charge is 0.213 e. The third-order valence-corrected chi connectivity index (χ3v) is 7.03. The Kier molecular flexibility index (Phi) is 3.71. The summed E-state index contributed by atoms with van der Waals surface area (Å²) in [6, 6.07) is 9.52. The Morgan fingerprint density at radius 1 is 1.17 bits per heavy atom. The molecule has 29 heavy (non-hydrogen) atoms. The van der Waals surface area contributed by atoms with Gasteiger partial charge in [-0.25, -0.2) is 0 Å². The van der Waals surface area contributed by atoms with Gasteiger partial charge in [-0.2, -0.15) is 0 Å². The van der Waals surface area contributed by atoms with Crippen molar-refractivity contribution in [3.63, 3.8) is 0 Å². The first-order valence-corrected chi connectivity index (χ1v) is 10.3. The fraction of sp³-hybridized carbons (Fsp3) is 0.440. The first kappa shape index (κ1) is 18.6.